The molecule has 1 aromatic carbocycles. The third-order valence-electron chi connectivity index (χ3n) is 8.48. The molecule has 0 aliphatic rings. The highest BCUT2D eigenvalue weighted by Crippen LogP contribution is 2.25. The minimum absolute atomic E-state index is 0.0338. The Morgan fingerprint density at radius 1 is 0.477 bits per heavy atom. The maximum atomic E-state index is 9.21. The topological polar surface area (TPSA) is 38.7 Å². The molecule has 0 radical (unpaired) electrons. The number of rotatable bonds is 33. The monoisotopic (exact) mass is 613 g/mol. The quantitative estimate of drug-likeness (QED) is 0.0634. The summed E-state index contributed by atoms with van der Waals surface area (Å²) in [6.45, 7) is 5.67. The predicted octanol–water partition coefficient (Wildman–Crippen LogP) is 12.9. The molecule has 0 heterocycles. The van der Waals surface area contributed by atoms with Crippen molar-refractivity contribution in [1.82, 2.24) is 0 Å². The molecule has 0 amide bonds. The first kappa shape index (κ1) is 40.3. The van der Waals surface area contributed by atoms with Gasteiger partial charge in [0, 0.05) is 6.07 Å². The molecule has 0 aliphatic heterocycles. The van der Waals surface area contributed by atoms with Gasteiger partial charge in [0.15, 0.2) is 0 Å². The summed E-state index contributed by atoms with van der Waals surface area (Å²) in [5.41, 5.74) is 1.29. The zero-order chi connectivity index (χ0) is 31.6. The number of benzene rings is 1. The highest BCUT2D eigenvalue weighted by Gasteiger charge is 2.05. The first-order chi connectivity index (χ1) is 21.8. The van der Waals surface area contributed by atoms with Crippen molar-refractivity contribution in [2.45, 2.75) is 181 Å². The highest BCUT2D eigenvalue weighted by atomic mass is 16.5. The normalized spacial score (nSPS) is 11.7. The molecule has 1 N–H and O–H groups in total. The second-order valence-electron chi connectivity index (χ2n) is 12.8. The molecule has 0 fully saturated rings. The number of aryl methyl sites for hydroxylation is 1. The summed E-state index contributed by atoms with van der Waals surface area (Å²) in [6.07, 6.45) is 43.4. The fourth-order valence-corrected chi connectivity index (χ4v) is 5.73. The molecule has 0 saturated carbocycles. The van der Waals surface area contributed by atoms with Gasteiger partial charge in [0.1, 0.15) is 18.1 Å². The van der Waals surface area contributed by atoms with Crippen LogP contribution in [0.4, 0.5) is 0 Å². The van der Waals surface area contributed by atoms with Crippen LogP contribution in [0.3, 0.4) is 0 Å². The molecule has 0 aromatic heterocycles. The van der Waals surface area contributed by atoms with Gasteiger partial charge in [0.25, 0.3) is 0 Å². The van der Waals surface area contributed by atoms with Crippen LogP contribution in [-0.2, 0) is 6.42 Å². The van der Waals surface area contributed by atoms with Crippen LogP contribution in [0.25, 0.3) is 0 Å². The van der Waals surface area contributed by atoms with Crippen molar-refractivity contribution in [3.63, 3.8) is 0 Å². The SMILES string of the molecule is CCCCC/C=C\C/C=C\CCCCCCCCOc1cc(CCCCCCCCCCCCCCC)cc(OCCO)c1. The van der Waals surface area contributed by atoms with Crippen LogP contribution in [0, 0.1) is 0 Å². The molecule has 3 heteroatoms. The molecule has 0 unspecified atom stereocenters. The largest absolute Gasteiger partial charge is 0.493 e. The van der Waals surface area contributed by atoms with E-state index in [1.54, 1.807) is 0 Å². The van der Waals surface area contributed by atoms with Crippen molar-refractivity contribution in [3.05, 3.63) is 48.1 Å². The molecule has 0 atom stereocenters. The van der Waals surface area contributed by atoms with Crippen molar-refractivity contribution in [1.29, 1.82) is 0 Å². The van der Waals surface area contributed by atoms with E-state index in [1.807, 2.05) is 6.07 Å². The Labute approximate surface area is 274 Å². The zero-order valence-corrected chi connectivity index (χ0v) is 29.3. The van der Waals surface area contributed by atoms with Crippen LogP contribution in [-0.4, -0.2) is 24.9 Å². The standard InChI is InChI=1S/C41H72O3/c1-3-5-7-9-11-13-15-17-18-19-21-23-25-27-29-31-34-43-40-36-39(37-41(38-40)44-35-33-42)32-30-28-26-24-22-20-16-14-12-10-8-6-4-2/h11,13,17-18,36-38,42H,3-10,12,14-16,19-35H2,1-2H3/b13-11-,18-17-. The summed E-state index contributed by atoms with van der Waals surface area (Å²) in [4.78, 5) is 0. The molecule has 0 saturated heterocycles. The number of ether oxygens (including phenoxy) is 2. The molecule has 0 aliphatic carbocycles. The van der Waals surface area contributed by atoms with Crippen LogP contribution in [0.1, 0.15) is 180 Å². The van der Waals surface area contributed by atoms with Crippen LogP contribution >= 0.6 is 0 Å². The third-order valence-corrected chi connectivity index (χ3v) is 8.48. The van der Waals surface area contributed by atoms with E-state index in [1.165, 1.54) is 153 Å². The van der Waals surface area contributed by atoms with Crippen molar-refractivity contribution in [2.24, 2.45) is 0 Å². The van der Waals surface area contributed by atoms with Gasteiger partial charge in [-0.1, -0.05) is 154 Å². The van der Waals surface area contributed by atoms with Crippen molar-refractivity contribution in [3.8, 4) is 11.5 Å². The fourth-order valence-electron chi connectivity index (χ4n) is 5.73. The summed E-state index contributed by atoms with van der Waals surface area (Å²) < 4.78 is 11.9. The van der Waals surface area contributed by atoms with Gasteiger partial charge in [-0.25, -0.2) is 0 Å². The van der Waals surface area contributed by atoms with Crippen molar-refractivity contribution < 1.29 is 14.6 Å². The number of unbranched alkanes of at least 4 members (excludes halogenated alkanes) is 21. The molecular formula is C41H72O3. The van der Waals surface area contributed by atoms with Gasteiger partial charge in [0.2, 0.25) is 0 Å². The molecule has 1 aromatic rings. The van der Waals surface area contributed by atoms with Crippen molar-refractivity contribution in [2.75, 3.05) is 19.8 Å². The second kappa shape index (κ2) is 32.6. The Kier molecular flexibility index (Phi) is 29.9. The van der Waals surface area contributed by atoms with E-state index in [4.69, 9.17) is 9.47 Å². The minimum Gasteiger partial charge on any atom is -0.493 e. The van der Waals surface area contributed by atoms with Gasteiger partial charge >= 0.3 is 0 Å². The summed E-state index contributed by atoms with van der Waals surface area (Å²) in [7, 11) is 0. The number of hydrogen-bond donors (Lipinski definition) is 1. The maximum absolute atomic E-state index is 9.21. The third kappa shape index (κ3) is 26.6. The number of aliphatic hydroxyl groups excluding tert-OH is 1. The van der Waals surface area contributed by atoms with Crippen LogP contribution in [0.5, 0.6) is 11.5 Å². The Bertz CT molecular complexity index is 784. The fraction of sp³-hybridized carbons (Fsp3) is 0.756. The lowest BCUT2D eigenvalue weighted by atomic mass is 10.0. The Morgan fingerprint density at radius 3 is 1.45 bits per heavy atom. The van der Waals surface area contributed by atoms with Crippen molar-refractivity contribution >= 4 is 0 Å². The Morgan fingerprint density at radius 2 is 0.909 bits per heavy atom. The van der Waals surface area contributed by atoms with Gasteiger partial charge in [-0.2, -0.15) is 0 Å². The van der Waals surface area contributed by atoms with E-state index >= 15 is 0 Å². The van der Waals surface area contributed by atoms with Gasteiger partial charge in [0.05, 0.1) is 13.2 Å². The van der Waals surface area contributed by atoms with Crippen LogP contribution in [0.15, 0.2) is 42.5 Å². The lowest BCUT2D eigenvalue weighted by molar-refractivity contribution is 0.200. The van der Waals surface area contributed by atoms with Crippen LogP contribution in [0.2, 0.25) is 0 Å². The lowest BCUT2D eigenvalue weighted by Crippen LogP contribution is -2.03. The molecular weight excluding hydrogens is 540 g/mol. The average molecular weight is 613 g/mol. The number of allylic oxidation sites excluding steroid dienone is 4. The van der Waals surface area contributed by atoms with E-state index < -0.39 is 0 Å². The first-order valence-corrected chi connectivity index (χ1v) is 19.1. The smallest absolute Gasteiger partial charge is 0.123 e. The van der Waals surface area contributed by atoms with E-state index in [2.05, 4.69) is 50.3 Å². The Balaban J connectivity index is 2.12. The molecule has 0 bridgehead atoms. The molecule has 44 heavy (non-hydrogen) atoms. The molecule has 254 valence electrons. The van der Waals surface area contributed by atoms with Crippen LogP contribution < -0.4 is 9.47 Å². The summed E-state index contributed by atoms with van der Waals surface area (Å²) in [6, 6.07) is 6.31. The number of hydrogen-bond acceptors (Lipinski definition) is 3. The maximum Gasteiger partial charge on any atom is 0.123 e. The van der Waals surface area contributed by atoms with E-state index in [9.17, 15) is 5.11 Å². The van der Waals surface area contributed by atoms with Gasteiger partial charge in [-0.05, 0) is 69.1 Å². The zero-order valence-electron chi connectivity index (χ0n) is 29.3. The van der Waals surface area contributed by atoms with Gasteiger partial charge < -0.3 is 14.6 Å². The molecule has 3 nitrogen and oxygen atoms in total. The first-order valence-electron chi connectivity index (χ1n) is 19.1. The van der Waals surface area contributed by atoms with E-state index in [0.29, 0.717) is 6.61 Å². The summed E-state index contributed by atoms with van der Waals surface area (Å²) in [5, 5.41) is 9.21. The second-order valence-corrected chi connectivity index (χ2v) is 12.8. The number of aliphatic hydroxyl groups is 1. The van der Waals surface area contributed by atoms with Gasteiger partial charge in [-0.3, -0.25) is 0 Å². The Hall–Kier alpha value is -1.74. The average Bonchev–Trinajstić information content (AvgIpc) is 3.03. The predicted molar refractivity (Wildman–Crippen MR) is 193 cm³/mol. The summed E-state index contributed by atoms with van der Waals surface area (Å²) in [5.74, 6) is 1.73. The van der Waals surface area contributed by atoms with E-state index in [-0.39, 0.29) is 6.61 Å². The highest BCUT2D eigenvalue weighted by molar-refractivity contribution is 5.38. The van der Waals surface area contributed by atoms with E-state index in [0.717, 1.165) is 37.4 Å². The van der Waals surface area contributed by atoms with Gasteiger partial charge in [-0.15, -0.1) is 0 Å². The molecule has 1 rings (SSSR count). The molecule has 0 spiro atoms. The minimum atomic E-state index is 0.0338. The lowest BCUT2D eigenvalue weighted by Gasteiger charge is -2.12. The summed E-state index contributed by atoms with van der Waals surface area (Å²) >= 11 is 0.